The molecule has 1 aliphatic rings. The number of carbonyl (C=O) groups excluding carboxylic acids is 2. The topological polar surface area (TPSA) is 148 Å². The summed E-state index contributed by atoms with van der Waals surface area (Å²) in [5.41, 5.74) is 1.01. The molecule has 2 unspecified atom stereocenters. The predicted molar refractivity (Wildman–Crippen MR) is 112 cm³/mol. The molecule has 0 saturated carbocycles. The van der Waals surface area contributed by atoms with Crippen molar-refractivity contribution in [1.82, 2.24) is 10.2 Å². The van der Waals surface area contributed by atoms with E-state index in [1.165, 1.54) is 4.90 Å². The summed E-state index contributed by atoms with van der Waals surface area (Å²) in [7, 11) is 0. The number of carboxylic acid groups (broad SMARTS) is 1. The van der Waals surface area contributed by atoms with Crippen LogP contribution < -0.4 is 5.32 Å². The van der Waals surface area contributed by atoms with Gasteiger partial charge in [0, 0.05) is 13.0 Å². The molecule has 3 atom stereocenters. The molecular weight excluding hydrogens is 422 g/mol. The van der Waals surface area contributed by atoms with E-state index in [9.17, 15) is 29.6 Å². The monoisotopic (exact) mass is 451 g/mol. The van der Waals surface area contributed by atoms with Gasteiger partial charge in [0.05, 0.1) is 19.3 Å². The van der Waals surface area contributed by atoms with Gasteiger partial charge >= 0.3 is 11.9 Å². The standard InChI is InChI=1S/C21H29N3O8/c1-15(19(25)23-12-5-9-18(23)20(26)27)22-17(11-10-16-7-3-2-4-8-16)21(28)31-13-6-14-32-24(29)30/h2-4,7-8,15,17-18,22H,5-6,9-14H2,1H3,(H,26,27)/t15?,17?,18-/m0/s1. The van der Waals surface area contributed by atoms with Crippen LogP contribution in [0.1, 0.15) is 38.2 Å². The first-order chi connectivity index (χ1) is 15.3. The molecule has 176 valence electrons. The van der Waals surface area contributed by atoms with Gasteiger partial charge in [-0.25, -0.2) is 4.79 Å². The van der Waals surface area contributed by atoms with Crippen molar-refractivity contribution in [2.24, 2.45) is 0 Å². The lowest BCUT2D eigenvalue weighted by Crippen LogP contribution is -2.53. The van der Waals surface area contributed by atoms with Gasteiger partial charge in [0.2, 0.25) is 5.91 Å². The molecule has 32 heavy (non-hydrogen) atoms. The molecule has 11 heteroatoms. The Hall–Kier alpha value is -3.21. The highest BCUT2D eigenvalue weighted by atomic mass is 16.9. The van der Waals surface area contributed by atoms with Crippen LogP contribution in [0.5, 0.6) is 0 Å². The van der Waals surface area contributed by atoms with Crippen molar-refractivity contribution in [3.05, 3.63) is 46.0 Å². The lowest BCUT2D eigenvalue weighted by Gasteiger charge is -2.28. The molecule has 0 aromatic heterocycles. The van der Waals surface area contributed by atoms with Crippen LogP contribution in [-0.4, -0.2) is 70.8 Å². The van der Waals surface area contributed by atoms with Crippen LogP contribution in [0.2, 0.25) is 0 Å². The third kappa shape index (κ3) is 7.80. The summed E-state index contributed by atoms with van der Waals surface area (Å²) in [6.45, 7) is 1.69. The van der Waals surface area contributed by atoms with E-state index in [1.807, 2.05) is 30.3 Å². The van der Waals surface area contributed by atoms with Crippen LogP contribution in [0.3, 0.4) is 0 Å². The summed E-state index contributed by atoms with van der Waals surface area (Å²) in [5.74, 6) is -2.01. The van der Waals surface area contributed by atoms with Crippen molar-refractivity contribution in [3.63, 3.8) is 0 Å². The molecule has 0 aliphatic carbocycles. The number of hydrogen-bond donors (Lipinski definition) is 2. The van der Waals surface area contributed by atoms with Crippen molar-refractivity contribution in [2.75, 3.05) is 19.8 Å². The van der Waals surface area contributed by atoms with Crippen LogP contribution in [0.4, 0.5) is 0 Å². The van der Waals surface area contributed by atoms with E-state index >= 15 is 0 Å². The minimum absolute atomic E-state index is 0.0638. The number of nitrogens with zero attached hydrogens (tertiary/aromatic N) is 2. The molecule has 2 rings (SSSR count). The molecule has 0 bridgehead atoms. The molecule has 0 radical (unpaired) electrons. The van der Waals surface area contributed by atoms with E-state index in [0.717, 1.165) is 5.56 Å². The predicted octanol–water partition coefficient (Wildman–Crippen LogP) is 1.18. The van der Waals surface area contributed by atoms with Gasteiger partial charge in [-0.05, 0) is 38.2 Å². The van der Waals surface area contributed by atoms with Gasteiger partial charge in [0.15, 0.2) is 0 Å². The number of hydrogen-bond acceptors (Lipinski definition) is 8. The highest BCUT2D eigenvalue weighted by Gasteiger charge is 2.37. The Balaban J connectivity index is 1.97. The highest BCUT2D eigenvalue weighted by Crippen LogP contribution is 2.19. The maximum absolute atomic E-state index is 12.8. The minimum Gasteiger partial charge on any atom is -0.480 e. The number of amides is 1. The Morgan fingerprint density at radius 1 is 1.28 bits per heavy atom. The van der Waals surface area contributed by atoms with Crippen molar-refractivity contribution in [2.45, 2.75) is 57.2 Å². The zero-order valence-corrected chi connectivity index (χ0v) is 18.0. The van der Waals surface area contributed by atoms with Crippen molar-refractivity contribution < 1.29 is 34.2 Å². The van der Waals surface area contributed by atoms with Gasteiger partial charge in [-0.3, -0.25) is 14.9 Å². The number of rotatable bonds is 13. The van der Waals surface area contributed by atoms with E-state index in [4.69, 9.17) is 4.74 Å². The van der Waals surface area contributed by atoms with E-state index in [-0.39, 0.29) is 25.5 Å². The summed E-state index contributed by atoms with van der Waals surface area (Å²) in [6, 6.07) is 7.05. The van der Waals surface area contributed by atoms with Gasteiger partial charge < -0.3 is 19.6 Å². The number of benzene rings is 1. The Morgan fingerprint density at radius 2 is 2.00 bits per heavy atom. The Morgan fingerprint density at radius 3 is 2.66 bits per heavy atom. The molecule has 1 fully saturated rings. The normalized spacial score (nSPS) is 17.4. The first-order valence-electron chi connectivity index (χ1n) is 10.6. The molecule has 2 N–H and O–H groups in total. The maximum atomic E-state index is 12.8. The lowest BCUT2D eigenvalue weighted by molar-refractivity contribution is -0.757. The van der Waals surface area contributed by atoms with Gasteiger partial charge in [-0.1, -0.05) is 30.3 Å². The Labute approximate surface area is 185 Å². The number of nitrogens with one attached hydrogen (secondary N) is 1. The average molecular weight is 451 g/mol. The Bertz CT molecular complexity index is 789. The van der Waals surface area contributed by atoms with Crippen LogP contribution in [-0.2, 0) is 30.4 Å². The van der Waals surface area contributed by atoms with Crippen molar-refractivity contribution >= 4 is 17.8 Å². The summed E-state index contributed by atoms with van der Waals surface area (Å²) in [5, 5.41) is 21.6. The fourth-order valence-electron chi connectivity index (χ4n) is 3.61. The molecule has 1 heterocycles. The highest BCUT2D eigenvalue weighted by molar-refractivity contribution is 5.88. The molecule has 1 aromatic rings. The molecule has 0 spiro atoms. The fraction of sp³-hybridized carbons (Fsp3) is 0.571. The van der Waals surface area contributed by atoms with E-state index in [2.05, 4.69) is 10.2 Å². The Kier molecular flexibility index (Phi) is 9.86. The summed E-state index contributed by atoms with van der Waals surface area (Å²) in [6.07, 6.45) is 2.08. The number of esters is 1. The van der Waals surface area contributed by atoms with Crippen LogP contribution in [0, 0.1) is 10.1 Å². The van der Waals surface area contributed by atoms with Gasteiger partial charge in [0.1, 0.15) is 12.1 Å². The largest absolute Gasteiger partial charge is 0.480 e. The van der Waals surface area contributed by atoms with Gasteiger partial charge in [0.25, 0.3) is 5.09 Å². The summed E-state index contributed by atoms with van der Waals surface area (Å²) >= 11 is 0. The maximum Gasteiger partial charge on any atom is 0.326 e. The van der Waals surface area contributed by atoms with E-state index < -0.39 is 35.2 Å². The first-order valence-corrected chi connectivity index (χ1v) is 10.6. The molecule has 1 saturated heterocycles. The average Bonchev–Trinajstić information content (AvgIpc) is 3.26. The number of likely N-dealkylation sites (tertiary alicyclic amines) is 1. The van der Waals surface area contributed by atoms with E-state index in [1.54, 1.807) is 6.92 Å². The molecule has 1 amide bonds. The second kappa shape index (κ2) is 12.6. The molecule has 1 aliphatic heterocycles. The minimum atomic E-state index is -1.04. The SMILES string of the molecule is CC(NC(CCc1ccccc1)C(=O)OCCCO[N+](=O)[O-])C(=O)N1CCC[C@H]1C(=O)O. The van der Waals surface area contributed by atoms with E-state index in [0.29, 0.717) is 32.2 Å². The quantitative estimate of drug-likeness (QED) is 0.195. The smallest absolute Gasteiger partial charge is 0.326 e. The summed E-state index contributed by atoms with van der Waals surface area (Å²) in [4.78, 5) is 52.6. The van der Waals surface area contributed by atoms with Gasteiger partial charge in [-0.15, -0.1) is 10.1 Å². The van der Waals surface area contributed by atoms with Crippen LogP contribution in [0.25, 0.3) is 0 Å². The van der Waals surface area contributed by atoms with Crippen LogP contribution >= 0.6 is 0 Å². The third-order valence-corrected chi connectivity index (χ3v) is 5.22. The number of aryl methyl sites for hydroxylation is 1. The number of carboxylic acids is 1. The zero-order valence-electron chi connectivity index (χ0n) is 18.0. The summed E-state index contributed by atoms with van der Waals surface area (Å²) < 4.78 is 5.22. The second-order valence-corrected chi connectivity index (χ2v) is 7.57. The molecular formula is C21H29N3O8. The zero-order chi connectivity index (χ0) is 23.5. The van der Waals surface area contributed by atoms with Crippen molar-refractivity contribution in [3.8, 4) is 0 Å². The first kappa shape index (κ1) is 25.1. The molecule has 11 nitrogen and oxygen atoms in total. The van der Waals surface area contributed by atoms with Crippen LogP contribution in [0.15, 0.2) is 30.3 Å². The second-order valence-electron chi connectivity index (χ2n) is 7.57. The molecule has 1 aromatic carbocycles. The van der Waals surface area contributed by atoms with Crippen molar-refractivity contribution in [1.29, 1.82) is 0 Å². The lowest BCUT2D eigenvalue weighted by atomic mass is 10.0. The fourth-order valence-corrected chi connectivity index (χ4v) is 3.61. The third-order valence-electron chi connectivity index (χ3n) is 5.22. The number of carbonyl (C=O) groups is 3. The number of aliphatic carboxylic acids is 1. The van der Waals surface area contributed by atoms with Gasteiger partial charge in [-0.2, -0.15) is 0 Å². The number of ether oxygens (including phenoxy) is 1.